The lowest BCUT2D eigenvalue weighted by atomic mass is 10.1. The van der Waals surface area contributed by atoms with E-state index in [4.69, 9.17) is 33.2 Å². The van der Waals surface area contributed by atoms with Gasteiger partial charge in [0.2, 0.25) is 11.9 Å². The van der Waals surface area contributed by atoms with Crippen LogP contribution in [0.3, 0.4) is 0 Å². The lowest BCUT2D eigenvalue weighted by Gasteiger charge is -2.11. The number of benzene rings is 2. The molecule has 0 atom stereocenters. The van der Waals surface area contributed by atoms with Crippen LogP contribution in [-0.2, 0) is 11.2 Å². The third-order valence-corrected chi connectivity index (χ3v) is 4.55. The first-order valence-electron chi connectivity index (χ1n) is 8.87. The fourth-order valence-electron chi connectivity index (χ4n) is 2.49. The van der Waals surface area contributed by atoms with Crippen molar-refractivity contribution >= 4 is 46.9 Å². The molecular weight excluding hydrogens is 427 g/mol. The van der Waals surface area contributed by atoms with Crippen LogP contribution in [0.1, 0.15) is 23.9 Å². The van der Waals surface area contributed by atoms with Crippen molar-refractivity contribution in [1.82, 2.24) is 15.0 Å². The van der Waals surface area contributed by atoms with Crippen LogP contribution in [0.2, 0.25) is 10.0 Å². The number of halogens is 2. The molecule has 152 valence electrons. The Hall–Kier alpha value is -3.41. The maximum atomic E-state index is 11.8. The van der Waals surface area contributed by atoms with Gasteiger partial charge in [-0.15, -0.1) is 0 Å². The molecule has 0 bridgehead atoms. The molecule has 0 fully saturated rings. The van der Waals surface area contributed by atoms with Gasteiger partial charge >= 0.3 is 6.09 Å². The van der Waals surface area contributed by atoms with Gasteiger partial charge in [-0.05, 0) is 48.9 Å². The highest BCUT2D eigenvalue weighted by Crippen LogP contribution is 2.26. The number of nitrogens with zero attached hydrogens (tertiary/aromatic N) is 4. The van der Waals surface area contributed by atoms with Gasteiger partial charge in [-0.1, -0.05) is 29.3 Å². The summed E-state index contributed by atoms with van der Waals surface area (Å²) in [4.78, 5) is 24.7. The summed E-state index contributed by atoms with van der Waals surface area (Å²) in [7, 11) is 0. The minimum Gasteiger partial charge on any atom is -0.450 e. The number of ether oxygens (including phenoxy) is 1. The Labute approximate surface area is 182 Å². The second kappa shape index (κ2) is 9.87. The number of amides is 1. The molecule has 0 aliphatic rings. The van der Waals surface area contributed by atoms with Crippen molar-refractivity contribution in [3.8, 4) is 6.07 Å². The lowest BCUT2D eigenvalue weighted by molar-refractivity contribution is 0.167. The number of nitriles is 1. The maximum absolute atomic E-state index is 11.8. The normalized spacial score (nSPS) is 10.2. The largest absolute Gasteiger partial charge is 0.450 e. The minimum absolute atomic E-state index is 0.0118. The number of anilines is 3. The van der Waals surface area contributed by atoms with Gasteiger partial charge in [0.25, 0.3) is 0 Å². The molecule has 1 amide bonds. The Morgan fingerprint density at radius 2 is 1.73 bits per heavy atom. The maximum Gasteiger partial charge on any atom is 0.414 e. The third kappa shape index (κ3) is 5.56. The van der Waals surface area contributed by atoms with Crippen molar-refractivity contribution in [3.05, 3.63) is 69.5 Å². The van der Waals surface area contributed by atoms with Gasteiger partial charge in [-0.3, -0.25) is 5.32 Å². The predicted molar refractivity (Wildman–Crippen MR) is 114 cm³/mol. The molecule has 2 N–H and O–H groups in total. The van der Waals surface area contributed by atoms with Gasteiger partial charge in [0.1, 0.15) is 5.82 Å². The van der Waals surface area contributed by atoms with Crippen LogP contribution in [-0.4, -0.2) is 27.7 Å². The molecule has 0 aliphatic heterocycles. The quantitative estimate of drug-likeness (QED) is 0.554. The number of aromatic nitrogens is 3. The molecule has 1 aromatic heterocycles. The average molecular weight is 443 g/mol. The standard InChI is InChI=1S/C20H16Cl2N6O2/c1-2-30-20(29)28-19-26-17(10-14-15(21)4-3-5-16(14)22)25-18(27-19)24-13-8-6-12(11-23)7-9-13/h3-9H,2,10H2,1H3,(H2,24,25,26,27,28,29). The molecule has 0 saturated heterocycles. The van der Waals surface area contributed by atoms with Gasteiger partial charge in [0.15, 0.2) is 0 Å². The topological polar surface area (TPSA) is 113 Å². The Balaban J connectivity index is 1.93. The zero-order chi connectivity index (χ0) is 21.5. The summed E-state index contributed by atoms with van der Waals surface area (Å²) >= 11 is 12.5. The van der Waals surface area contributed by atoms with Crippen LogP contribution in [0.4, 0.5) is 22.4 Å². The molecule has 8 nitrogen and oxygen atoms in total. The Kier molecular flexibility index (Phi) is 7.01. The molecule has 0 spiro atoms. The Bertz CT molecular complexity index is 1080. The van der Waals surface area contributed by atoms with E-state index in [1.807, 2.05) is 0 Å². The minimum atomic E-state index is -0.685. The Morgan fingerprint density at radius 1 is 1.07 bits per heavy atom. The SMILES string of the molecule is CCOC(=O)Nc1nc(Cc2c(Cl)cccc2Cl)nc(Nc2ccc(C#N)cc2)n1. The summed E-state index contributed by atoms with van der Waals surface area (Å²) < 4.78 is 4.88. The van der Waals surface area contributed by atoms with Crippen LogP contribution in [0.25, 0.3) is 0 Å². The fraction of sp³-hybridized carbons (Fsp3) is 0.150. The van der Waals surface area contributed by atoms with Crippen LogP contribution in [0, 0.1) is 11.3 Å². The van der Waals surface area contributed by atoms with Crippen molar-refractivity contribution in [2.24, 2.45) is 0 Å². The second-order valence-electron chi connectivity index (χ2n) is 5.94. The van der Waals surface area contributed by atoms with Crippen LogP contribution in [0.5, 0.6) is 0 Å². The first-order chi connectivity index (χ1) is 14.5. The summed E-state index contributed by atoms with van der Waals surface area (Å²) in [6, 6.07) is 14.0. The molecule has 3 rings (SSSR count). The van der Waals surface area contributed by atoms with Gasteiger partial charge in [-0.2, -0.15) is 20.2 Å². The number of hydrogen-bond donors (Lipinski definition) is 2. The van der Waals surface area contributed by atoms with Gasteiger partial charge in [0, 0.05) is 22.2 Å². The van der Waals surface area contributed by atoms with Crippen molar-refractivity contribution < 1.29 is 9.53 Å². The molecule has 2 aromatic carbocycles. The second-order valence-corrected chi connectivity index (χ2v) is 6.75. The van der Waals surface area contributed by atoms with E-state index in [0.29, 0.717) is 32.7 Å². The summed E-state index contributed by atoms with van der Waals surface area (Å²) in [5.41, 5.74) is 1.83. The van der Waals surface area contributed by atoms with E-state index in [-0.39, 0.29) is 24.9 Å². The molecule has 3 aromatic rings. The molecule has 30 heavy (non-hydrogen) atoms. The summed E-state index contributed by atoms with van der Waals surface area (Å²) in [5, 5.41) is 15.4. The zero-order valence-electron chi connectivity index (χ0n) is 15.8. The van der Waals surface area contributed by atoms with Gasteiger partial charge in [-0.25, -0.2) is 4.79 Å². The van der Waals surface area contributed by atoms with E-state index in [1.165, 1.54) is 0 Å². The molecule has 1 heterocycles. The number of carbonyl (C=O) groups is 1. The first-order valence-corrected chi connectivity index (χ1v) is 9.63. The van der Waals surface area contributed by atoms with Crippen LogP contribution in [0.15, 0.2) is 42.5 Å². The molecule has 0 saturated carbocycles. The zero-order valence-corrected chi connectivity index (χ0v) is 17.3. The smallest absolute Gasteiger partial charge is 0.414 e. The molecular formula is C20H16Cl2N6O2. The first kappa shape index (κ1) is 21.3. The van der Waals surface area contributed by atoms with Crippen molar-refractivity contribution in [2.45, 2.75) is 13.3 Å². The van der Waals surface area contributed by atoms with E-state index in [9.17, 15) is 4.79 Å². The van der Waals surface area contributed by atoms with Crippen LogP contribution >= 0.6 is 23.2 Å². The summed E-state index contributed by atoms with van der Waals surface area (Å²) in [5.74, 6) is 0.542. The average Bonchev–Trinajstić information content (AvgIpc) is 2.71. The highest BCUT2D eigenvalue weighted by Gasteiger charge is 2.14. The van der Waals surface area contributed by atoms with E-state index in [2.05, 4.69) is 31.7 Å². The number of rotatable bonds is 6. The number of hydrogen-bond acceptors (Lipinski definition) is 7. The highest BCUT2D eigenvalue weighted by molar-refractivity contribution is 6.36. The lowest BCUT2D eigenvalue weighted by Crippen LogP contribution is -2.17. The van der Waals surface area contributed by atoms with E-state index in [0.717, 1.165) is 0 Å². The van der Waals surface area contributed by atoms with E-state index >= 15 is 0 Å². The summed E-state index contributed by atoms with van der Waals surface area (Å²) in [6.45, 7) is 1.89. The van der Waals surface area contributed by atoms with E-state index < -0.39 is 6.09 Å². The third-order valence-electron chi connectivity index (χ3n) is 3.84. The van der Waals surface area contributed by atoms with Gasteiger partial charge < -0.3 is 10.1 Å². The van der Waals surface area contributed by atoms with Crippen LogP contribution < -0.4 is 10.6 Å². The van der Waals surface area contributed by atoms with Crippen molar-refractivity contribution in [3.63, 3.8) is 0 Å². The molecule has 0 aliphatic carbocycles. The fourth-order valence-corrected chi connectivity index (χ4v) is 3.02. The van der Waals surface area contributed by atoms with Gasteiger partial charge in [0.05, 0.1) is 18.2 Å². The molecule has 0 unspecified atom stereocenters. The highest BCUT2D eigenvalue weighted by atomic mass is 35.5. The molecule has 0 radical (unpaired) electrons. The van der Waals surface area contributed by atoms with E-state index in [1.54, 1.807) is 49.4 Å². The number of nitrogens with one attached hydrogen (secondary N) is 2. The monoisotopic (exact) mass is 442 g/mol. The number of carbonyl (C=O) groups excluding carboxylic acids is 1. The summed E-state index contributed by atoms with van der Waals surface area (Å²) in [6.07, 6.45) is -0.463. The van der Waals surface area contributed by atoms with Crippen molar-refractivity contribution in [2.75, 3.05) is 17.2 Å². The predicted octanol–water partition coefficient (Wildman–Crippen LogP) is 4.95. The molecule has 10 heteroatoms. The van der Waals surface area contributed by atoms with Crippen molar-refractivity contribution in [1.29, 1.82) is 5.26 Å². The Morgan fingerprint density at radius 3 is 2.37 bits per heavy atom.